The second kappa shape index (κ2) is 6.89. The third kappa shape index (κ3) is 3.28. The Morgan fingerprint density at radius 3 is 2.68 bits per heavy atom. The summed E-state index contributed by atoms with van der Waals surface area (Å²) in [5.41, 5.74) is 14.9. The Labute approximate surface area is 137 Å². The Morgan fingerprint density at radius 1 is 1.36 bits per heavy atom. The van der Waals surface area contributed by atoms with Gasteiger partial charge in [0.15, 0.2) is 0 Å². The lowest BCUT2D eigenvalue weighted by Gasteiger charge is -2.09. The zero-order valence-electron chi connectivity index (χ0n) is 12.7. The summed E-state index contributed by atoms with van der Waals surface area (Å²) in [5, 5.41) is 16.5. The minimum Gasteiger partial charge on any atom is -0.383 e. The maximum Gasteiger partial charge on any atom is 0.141 e. The van der Waals surface area contributed by atoms with Crippen LogP contribution in [0.25, 0.3) is 16.9 Å². The van der Waals surface area contributed by atoms with Gasteiger partial charge in [-0.3, -0.25) is 4.68 Å². The lowest BCUT2D eigenvalue weighted by molar-refractivity contribution is 0.768. The molecule has 8 heteroatoms. The van der Waals surface area contributed by atoms with Crippen molar-refractivity contribution < 1.29 is 0 Å². The zero-order chi connectivity index (χ0) is 16.3. The maximum atomic E-state index is 8.03. The van der Waals surface area contributed by atoms with E-state index in [2.05, 4.69) is 26.1 Å². The normalized spacial score (nSPS) is 12.4. The van der Waals surface area contributed by atoms with E-state index in [1.807, 2.05) is 20.2 Å². The van der Waals surface area contributed by atoms with E-state index in [0.29, 0.717) is 29.0 Å². The summed E-state index contributed by atoms with van der Waals surface area (Å²) in [7, 11) is 1.87. The van der Waals surface area contributed by atoms with Crippen LogP contribution in [0.4, 0.5) is 0 Å². The number of rotatable bonds is 6. The number of aromatic nitrogens is 4. The molecule has 0 radical (unpaired) electrons. The Bertz CT molecular complexity index is 711. The standard InChI is InChI=1S/C14H20BrN7/c1-9-11(10-6-19-21(2)8-10)7-20-22(9)14(18)13(15)12(17)4-3-5-16/h6-8,17H,3-5,16,18H2,1-2H3/b14-13+,17-12?. The molecule has 0 aliphatic rings. The first-order valence-corrected chi connectivity index (χ1v) is 7.72. The Morgan fingerprint density at radius 2 is 2.09 bits per heavy atom. The molecule has 2 aromatic rings. The molecular weight excluding hydrogens is 346 g/mol. The van der Waals surface area contributed by atoms with E-state index in [0.717, 1.165) is 23.2 Å². The number of hydrogen-bond donors (Lipinski definition) is 3. The molecule has 0 fully saturated rings. The molecular formula is C14H20BrN7. The average Bonchev–Trinajstić information content (AvgIpc) is 3.09. The molecule has 118 valence electrons. The number of hydrogen-bond acceptors (Lipinski definition) is 5. The molecule has 2 aromatic heterocycles. The molecule has 0 atom stereocenters. The van der Waals surface area contributed by atoms with E-state index in [9.17, 15) is 0 Å². The molecule has 0 amide bonds. The topological polar surface area (TPSA) is 112 Å². The van der Waals surface area contributed by atoms with Crippen molar-refractivity contribution in [1.29, 1.82) is 5.41 Å². The molecule has 0 spiro atoms. The summed E-state index contributed by atoms with van der Waals surface area (Å²) < 4.78 is 3.91. The number of halogens is 1. The monoisotopic (exact) mass is 365 g/mol. The Kier molecular flexibility index (Phi) is 5.15. The van der Waals surface area contributed by atoms with E-state index in [4.69, 9.17) is 16.9 Å². The van der Waals surface area contributed by atoms with Crippen LogP contribution in [-0.2, 0) is 7.05 Å². The van der Waals surface area contributed by atoms with Gasteiger partial charge in [0.2, 0.25) is 0 Å². The molecule has 0 bridgehead atoms. The van der Waals surface area contributed by atoms with Crippen molar-refractivity contribution in [3.05, 3.63) is 28.8 Å². The average molecular weight is 366 g/mol. The molecule has 0 unspecified atom stereocenters. The SMILES string of the molecule is Cc1c(-c2cnn(C)c2)cnn1/C(N)=C(/Br)C(=N)CCCN. The van der Waals surface area contributed by atoms with E-state index >= 15 is 0 Å². The summed E-state index contributed by atoms with van der Waals surface area (Å²) in [5.74, 6) is 0.398. The summed E-state index contributed by atoms with van der Waals surface area (Å²) in [4.78, 5) is 0. The first-order valence-electron chi connectivity index (χ1n) is 6.92. The number of nitrogens with one attached hydrogen (secondary N) is 1. The Balaban J connectivity index is 2.33. The van der Waals surface area contributed by atoms with Gasteiger partial charge in [-0.15, -0.1) is 0 Å². The van der Waals surface area contributed by atoms with Gasteiger partial charge >= 0.3 is 0 Å². The molecule has 22 heavy (non-hydrogen) atoms. The van der Waals surface area contributed by atoms with Gasteiger partial charge in [0.05, 0.1) is 22.6 Å². The molecule has 0 saturated carbocycles. The van der Waals surface area contributed by atoms with Crippen LogP contribution in [0.2, 0.25) is 0 Å². The highest BCUT2D eigenvalue weighted by atomic mass is 79.9. The van der Waals surface area contributed by atoms with Crippen molar-refractivity contribution in [2.45, 2.75) is 19.8 Å². The van der Waals surface area contributed by atoms with Gasteiger partial charge in [0.25, 0.3) is 0 Å². The number of allylic oxidation sites excluding steroid dienone is 1. The highest BCUT2D eigenvalue weighted by Crippen LogP contribution is 2.25. The lowest BCUT2D eigenvalue weighted by Crippen LogP contribution is -2.15. The predicted octanol–water partition coefficient (Wildman–Crippen LogP) is 1.83. The summed E-state index contributed by atoms with van der Waals surface area (Å²) in [6, 6.07) is 0. The van der Waals surface area contributed by atoms with Crippen molar-refractivity contribution in [3.8, 4) is 11.1 Å². The van der Waals surface area contributed by atoms with E-state index in [1.165, 1.54) is 0 Å². The van der Waals surface area contributed by atoms with Gasteiger partial charge in [-0.05, 0) is 42.2 Å². The van der Waals surface area contributed by atoms with Crippen LogP contribution >= 0.6 is 15.9 Å². The minimum atomic E-state index is 0.398. The molecule has 5 N–H and O–H groups in total. The van der Waals surface area contributed by atoms with Crippen LogP contribution < -0.4 is 11.5 Å². The van der Waals surface area contributed by atoms with Crippen LogP contribution in [-0.4, -0.2) is 31.8 Å². The van der Waals surface area contributed by atoms with Crippen molar-refractivity contribution in [2.75, 3.05) is 6.54 Å². The fourth-order valence-electron chi connectivity index (χ4n) is 2.13. The number of nitrogens with zero attached hydrogens (tertiary/aromatic N) is 4. The zero-order valence-corrected chi connectivity index (χ0v) is 14.3. The third-order valence-electron chi connectivity index (χ3n) is 3.37. The highest BCUT2D eigenvalue weighted by Gasteiger charge is 2.15. The van der Waals surface area contributed by atoms with E-state index in [1.54, 1.807) is 21.8 Å². The number of aryl methyl sites for hydroxylation is 1. The van der Waals surface area contributed by atoms with Gasteiger partial charge in [-0.1, -0.05) is 0 Å². The molecule has 0 saturated heterocycles. The smallest absolute Gasteiger partial charge is 0.141 e. The largest absolute Gasteiger partial charge is 0.383 e. The van der Waals surface area contributed by atoms with Crippen LogP contribution in [0.15, 0.2) is 23.1 Å². The van der Waals surface area contributed by atoms with Crippen LogP contribution in [0.1, 0.15) is 18.5 Å². The van der Waals surface area contributed by atoms with Crippen molar-refractivity contribution in [2.24, 2.45) is 18.5 Å². The fraction of sp³-hybridized carbons (Fsp3) is 0.357. The highest BCUT2D eigenvalue weighted by molar-refractivity contribution is 9.12. The van der Waals surface area contributed by atoms with E-state index < -0.39 is 0 Å². The molecule has 0 aliphatic heterocycles. The van der Waals surface area contributed by atoms with Crippen molar-refractivity contribution in [1.82, 2.24) is 19.6 Å². The van der Waals surface area contributed by atoms with Gasteiger partial charge in [0.1, 0.15) is 5.82 Å². The third-order valence-corrected chi connectivity index (χ3v) is 4.26. The lowest BCUT2D eigenvalue weighted by atomic mass is 10.1. The second-order valence-corrected chi connectivity index (χ2v) is 5.82. The Hall–Kier alpha value is -1.93. The van der Waals surface area contributed by atoms with Gasteiger partial charge in [-0.2, -0.15) is 10.2 Å². The molecule has 0 aliphatic carbocycles. The van der Waals surface area contributed by atoms with Crippen LogP contribution in [0.5, 0.6) is 0 Å². The van der Waals surface area contributed by atoms with Crippen LogP contribution in [0, 0.1) is 12.3 Å². The second-order valence-electron chi connectivity index (χ2n) is 5.03. The fourth-order valence-corrected chi connectivity index (χ4v) is 2.50. The summed E-state index contributed by atoms with van der Waals surface area (Å²) in [6.07, 6.45) is 6.79. The molecule has 0 aromatic carbocycles. The molecule has 2 rings (SSSR count). The van der Waals surface area contributed by atoms with Gasteiger partial charge < -0.3 is 16.9 Å². The minimum absolute atomic E-state index is 0.398. The van der Waals surface area contributed by atoms with Gasteiger partial charge in [-0.25, -0.2) is 4.68 Å². The first kappa shape index (κ1) is 16.4. The summed E-state index contributed by atoms with van der Waals surface area (Å²) in [6.45, 7) is 2.49. The maximum absolute atomic E-state index is 8.03. The van der Waals surface area contributed by atoms with Crippen molar-refractivity contribution >= 4 is 27.5 Å². The predicted molar refractivity (Wildman–Crippen MR) is 91.5 cm³/mol. The first-order chi connectivity index (χ1) is 10.5. The molecule has 7 nitrogen and oxygen atoms in total. The van der Waals surface area contributed by atoms with Crippen molar-refractivity contribution in [3.63, 3.8) is 0 Å². The molecule has 2 heterocycles. The van der Waals surface area contributed by atoms with Crippen LogP contribution in [0.3, 0.4) is 0 Å². The quantitative estimate of drug-likeness (QED) is 0.677. The van der Waals surface area contributed by atoms with Gasteiger partial charge in [0, 0.05) is 30.1 Å². The number of nitrogens with two attached hydrogens (primary N) is 2. The van der Waals surface area contributed by atoms with E-state index in [-0.39, 0.29) is 0 Å². The summed E-state index contributed by atoms with van der Waals surface area (Å²) >= 11 is 3.39.